The second-order valence-electron chi connectivity index (χ2n) is 7.14. The van der Waals surface area contributed by atoms with E-state index in [2.05, 4.69) is 5.32 Å². The van der Waals surface area contributed by atoms with Crippen LogP contribution in [0.5, 0.6) is 0 Å². The topological polar surface area (TPSA) is 69.6 Å². The summed E-state index contributed by atoms with van der Waals surface area (Å²) in [4.78, 5) is 25.6. The van der Waals surface area contributed by atoms with Gasteiger partial charge < -0.3 is 15.3 Å². The third-order valence-corrected chi connectivity index (χ3v) is 5.25. The van der Waals surface area contributed by atoms with Crippen molar-refractivity contribution < 1.29 is 14.7 Å². The third kappa shape index (κ3) is 4.88. The number of carbonyl (C=O) groups is 2. The van der Waals surface area contributed by atoms with Gasteiger partial charge in [0.25, 0.3) is 5.91 Å². The molecule has 5 nitrogen and oxygen atoms in total. The molecule has 1 amide bonds. The number of anilines is 1. The van der Waals surface area contributed by atoms with Crippen molar-refractivity contribution >= 4 is 17.6 Å². The molecule has 0 atom stereocenters. The van der Waals surface area contributed by atoms with Gasteiger partial charge in [-0.2, -0.15) is 0 Å². The fourth-order valence-electron chi connectivity index (χ4n) is 3.59. The molecule has 0 radical (unpaired) electrons. The van der Waals surface area contributed by atoms with Gasteiger partial charge in [0.05, 0.1) is 5.56 Å². The highest BCUT2D eigenvalue weighted by atomic mass is 16.4. The zero-order chi connectivity index (χ0) is 19.2. The maximum absolute atomic E-state index is 12.7. The first-order valence-electron chi connectivity index (χ1n) is 9.48. The zero-order valence-electron chi connectivity index (χ0n) is 15.6. The first-order valence-corrected chi connectivity index (χ1v) is 9.48. The highest BCUT2D eigenvalue weighted by Gasteiger charge is 2.22. The minimum atomic E-state index is -0.929. The van der Waals surface area contributed by atoms with E-state index in [0.29, 0.717) is 18.2 Å². The van der Waals surface area contributed by atoms with Gasteiger partial charge in [-0.15, -0.1) is 0 Å². The lowest BCUT2D eigenvalue weighted by molar-refractivity contribution is 0.0687. The molecule has 1 fully saturated rings. The predicted molar refractivity (Wildman–Crippen MR) is 106 cm³/mol. The summed E-state index contributed by atoms with van der Waals surface area (Å²) in [5.74, 6) is -0.857. The van der Waals surface area contributed by atoms with Gasteiger partial charge >= 0.3 is 5.97 Å². The molecular formula is C22H26N2O3. The smallest absolute Gasteiger partial charge is 0.335 e. The van der Waals surface area contributed by atoms with Crippen molar-refractivity contribution in [2.24, 2.45) is 0 Å². The number of carboxylic acid groups (broad SMARTS) is 1. The van der Waals surface area contributed by atoms with Gasteiger partial charge in [-0.05, 0) is 54.8 Å². The van der Waals surface area contributed by atoms with E-state index >= 15 is 0 Å². The highest BCUT2D eigenvalue weighted by Crippen LogP contribution is 2.23. The van der Waals surface area contributed by atoms with Gasteiger partial charge in [0.1, 0.15) is 0 Å². The van der Waals surface area contributed by atoms with Crippen LogP contribution in [0.1, 0.15) is 58.4 Å². The van der Waals surface area contributed by atoms with Crippen LogP contribution >= 0.6 is 0 Å². The Morgan fingerprint density at radius 3 is 2.41 bits per heavy atom. The molecule has 0 heterocycles. The van der Waals surface area contributed by atoms with Gasteiger partial charge in [-0.3, -0.25) is 4.79 Å². The van der Waals surface area contributed by atoms with Crippen molar-refractivity contribution in [3.05, 3.63) is 65.2 Å². The third-order valence-electron chi connectivity index (χ3n) is 5.25. The minimum Gasteiger partial charge on any atom is -0.478 e. The van der Waals surface area contributed by atoms with Crippen LogP contribution in [0, 0.1) is 0 Å². The standard InChI is InChI=1S/C22H26N2O3/c1-24(20-8-3-2-4-9-20)21(25)17-10-12-19(13-11-17)23-15-16-6-5-7-18(14-16)22(26)27/h5-7,10-14,20,23H,2-4,8-9,15H2,1H3,(H,26,27). The first-order chi connectivity index (χ1) is 13.0. The van der Waals surface area contributed by atoms with Gasteiger partial charge in [-0.25, -0.2) is 4.79 Å². The number of aromatic carboxylic acids is 1. The average molecular weight is 366 g/mol. The number of benzene rings is 2. The average Bonchev–Trinajstić information content (AvgIpc) is 2.72. The van der Waals surface area contributed by atoms with Crippen LogP contribution in [0.15, 0.2) is 48.5 Å². The van der Waals surface area contributed by atoms with E-state index in [-0.39, 0.29) is 11.5 Å². The summed E-state index contributed by atoms with van der Waals surface area (Å²) in [7, 11) is 1.90. The fraction of sp³-hybridized carbons (Fsp3) is 0.364. The van der Waals surface area contributed by atoms with Crippen LogP contribution in [0.25, 0.3) is 0 Å². The molecule has 0 unspecified atom stereocenters. The SMILES string of the molecule is CN(C(=O)c1ccc(NCc2cccc(C(=O)O)c2)cc1)C1CCCCC1. The summed E-state index contributed by atoms with van der Waals surface area (Å²) in [5.41, 5.74) is 2.77. The van der Waals surface area contributed by atoms with E-state index in [1.165, 1.54) is 19.3 Å². The highest BCUT2D eigenvalue weighted by molar-refractivity contribution is 5.94. The second-order valence-corrected chi connectivity index (χ2v) is 7.14. The Kier molecular flexibility index (Phi) is 6.12. The van der Waals surface area contributed by atoms with Crippen LogP contribution in [0.4, 0.5) is 5.69 Å². The molecule has 0 aliphatic heterocycles. The lowest BCUT2D eigenvalue weighted by Gasteiger charge is -2.31. The largest absolute Gasteiger partial charge is 0.478 e. The molecule has 2 aromatic carbocycles. The zero-order valence-corrected chi connectivity index (χ0v) is 15.6. The number of rotatable bonds is 6. The molecule has 0 aromatic heterocycles. The van der Waals surface area contributed by atoms with Gasteiger partial charge in [0.2, 0.25) is 0 Å². The van der Waals surface area contributed by atoms with E-state index in [1.54, 1.807) is 18.2 Å². The predicted octanol–water partition coefficient (Wildman–Crippen LogP) is 4.40. The van der Waals surface area contributed by atoms with Crippen LogP contribution < -0.4 is 5.32 Å². The number of carbonyl (C=O) groups excluding carboxylic acids is 1. The summed E-state index contributed by atoms with van der Waals surface area (Å²) >= 11 is 0. The summed E-state index contributed by atoms with van der Waals surface area (Å²) in [6.45, 7) is 0.524. The molecule has 3 rings (SSSR count). The van der Waals surface area contributed by atoms with Crippen LogP contribution in [-0.4, -0.2) is 35.0 Å². The molecule has 1 saturated carbocycles. The Balaban J connectivity index is 1.59. The molecule has 1 aliphatic carbocycles. The molecule has 142 valence electrons. The Labute approximate surface area is 160 Å². The molecular weight excluding hydrogens is 340 g/mol. The number of hydrogen-bond acceptors (Lipinski definition) is 3. The van der Waals surface area contributed by atoms with Crippen molar-refractivity contribution in [2.75, 3.05) is 12.4 Å². The molecule has 2 aromatic rings. The molecule has 0 bridgehead atoms. The number of nitrogens with one attached hydrogen (secondary N) is 1. The Hall–Kier alpha value is -2.82. The van der Waals surface area contributed by atoms with Crippen LogP contribution in [0.2, 0.25) is 0 Å². The first kappa shape index (κ1) is 19.0. The van der Waals surface area contributed by atoms with E-state index in [1.807, 2.05) is 42.3 Å². The second kappa shape index (κ2) is 8.71. The lowest BCUT2D eigenvalue weighted by atomic mass is 9.94. The summed E-state index contributed by atoms with van der Waals surface area (Å²) in [5, 5.41) is 12.3. The number of carboxylic acids is 1. The van der Waals surface area contributed by atoms with E-state index < -0.39 is 5.97 Å². The normalized spacial score (nSPS) is 14.6. The molecule has 1 aliphatic rings. The quantitative estimate of drug-likeness (QED) is 0.795. The fourth-order valence-corrected chi connectivity index (χ4v) is 3.59. The summed E-state index contributed by atoms with van der Waals surface area (Å²) in [6.07, 6.45) is 5.87. The lowest BCUT2D eigenvalue weighted by Crippen LogP contribution is -2.38. The Morgan fingerprint density at radius 1 is 1.04 bits per heavy atom. The van der Waals surface area contributed by atoms with Crippen molar-refractivity contribution in [2.45, 2.75) is 44.7 Å². The number of hydrogen-bond donors (Lipinski definition) is 2. The van der Waals surface area contributed by atoms with Crippen molar-refractivity contribution in [1.82, 2.24) is 4.90 Å². The molecule has 0 saturated heterocycles. The van der Waals surface area contributed by atoms with Crippen LogP contribution in [0.3, 0.4) is 0 Å². The maximum Gasteiger partial charge on any atom is 0.335 e. The van der Waals surface area contributed by atoms with E-state index in [4.69, 9.17) is 5.11 Å². The van der Waals surface area contributed by atoms with E-state index in [9.17, 15) is 9.59 Å². The Morgan fingerprint density at radius 2 is 1.74 bits per heavy atom. The molecule has 5 heteroatoms. The summed E-state index contributed by atoms with van der Waals surface area (Å²) in [6, 6.07) is 14.7. The van der Waals surface area contributed by atoms with Gasteiger partial charge in [-0.1, -0.05) is 31.4 Å². The molecule has 27 heavy (non-hydrogen) atoms. The van der Waals surface area contributed by atoms with E-state index in [0.717, 1.165) is 24.1 Å². The number of amides is 1. The van der Waals surface area contributed by atoms with Gasteiger partial charge in [0.15, 0.2) is 0 Å². The monoisotopic (exact) mass is 366 g/mol. The van der Waals surface area contributed by atoms with Crippen molar-refractivity contribution in [3.8, 4) is 0 Å². The van der Waals surface area contributed by atoms with Crippen LogP contribution in [-0.2, 0) is 6.54 Å². The molecule has 2 N–H and O–H groups in total. The Bertz CT molecular complexity index is 795. The summed E-state index contributed by atoms with van der Waals surface area (Å²) < 4.78 is 0. The number of nitrogens with zero attached hydrogens (tertiary/aromatic N) is 1. The minimum absolute atomic E-state index is 0.0719. The molecule has 0 spiro atoms. The van der Waals surface area contributed by atoms with Gasteiger partial charge in [0, 0.05) is 30.9 Å². The maximum atomic E-state index is 12.7. The van der Waals surface area contributed by atoms with Crippen molar-refractivity contribution in [3.63, 3.8) is 0 Å². The van der Waals surface area contributed by atoms with Crippen molar-refractivity contribution in [1.29, 1.82) is 0 Å².